The van der Waals surface area contributed by atoms with Gasteiger partial charge in [-0.15, -0.1) is 11.8 Å². The van der Waals surface area contributed by atoms with E-state index in [0.717, 1.165) is 5.56 Å². The summed E-state index contributed by atoms with van der Waals surface area (Å²) in [4.78, 5) is 26.0. The van der Waals surface area contributed by atoms with Crippen molar-refractivity contribution in [3.05, 3.63) is 35.9 Å². The maximum Gasteiger partial charge on any atom is 0.326 e. The quantitative estimate of drug-likeness (QED) is 0.855. The van der Waals surface area contributed by atoms with Crippen LogP contribution in [0.5, 0.6) is 0 Å². The summed E-state index contributed by atoms with van der Waals surface area (Å²) in [6.45, 7) is 5.82. The van der Waals surface area contributed by atoms with E-state index in [0.29, 0.717) is 12.3 Å². The molecule has 126 valence electrons. The number of hydrogen-bond acceptors (Lipinski definition) is 5. The number of hydrogen-bond donors (Lipinski definition) is 1. The molecule has 0 unspecified atom stereocenters. The van der Waals surface area contributed by atoms with Gasteiger partial charge < -0.3 is 15.4 Å². The maximum atomic E-state index is 12.4. The Balaban J connectivity index is 2.11. The summed E-state index contributed by atoms with van der Waals surface area (Å²) in [6, 6.07) is 9.38. The molecule has 1 amide bonds. The van der Waals surface area contributed by atoms with Crippen molar-refractivity contribution in [2.75, 3.05) is 18.8 Å². The van der Waals surface area contributed by atoms with E-state index in [4.69, 9.17) is 10.5 Å². The molecule has 0 bridgehead atoms. The lowest BCUT2D eigenvalue weighted by molar-refractivity contribution is -0.159. The zero-order valence-electron chi connectivity index (χ0n) is 13.8. The zero-order chi connectivity index (χ0) is 17.0. The molecule has 1 aliphatic rings. The molecule has 2 rings (SSSR count). The minimum atomic E-state index is -0.587. The first-order valence-corrected chi connectivity index (χ1v) is 8.74. The highest BCUT2D eigenvalue weighted by Gasteiger charge is 2.32. The van der Waals surface area contributed by atoms with Gasteiger partial charge in [0.1, 0.15) is 12.1 Å². The number of amides is 1. The van der Waals surface area contributed by atoms with Gasteiger partial charge in [-0.25, -0.2) is 0 Å². The van der Waals surface area contributed by atoms with E-state index in [2.05, 4.69) is 0 Å². The smallest absolute Gasteiger partial charge is 0.326 e. The van der Waals surface area contributed by atoms with Gasteiger partial charge in [0.25, 0.3) is 0 Å². The van der Waals surface area contributed by atoms with Crippen LogP contribution in [0.1, 0.15) is 31.6 Å². The largest absolute Gasteiger partial charge is 0.459 e. The highest BCUT2D eigenvalue weighted by molar-refractivity contribution is 7.99. The third-order valence-corrected chi connectivity index (χ3v) is 4.78. The highest BCUT2D eigenvalue weighted by atomic mass is 32.2. The van der Waals surface area contributed by atoms with E-state index in [1.807, 2.05) is 51.1 Å². The predicted octanol–water partition coefficient (Wildman–Crippen LogP) is 1.97. The lowest BCUT2D eigenvalue weighted by Gasteiger charge is -2.26. The van der Waals surface area contributed by atoms with Gasteiger partial charge in [-0.1, -0.05) is 30.3 Å². The number of thioether (sulfide) groups is 1. The number of nitrogens with two attached hydrogens (primary N) is 1. The van der Waals surface area contributed by atoms with Crippen LogP contribution in [0, 0.1) is 0 Å². The molecule has 2 atom stereocenters. The number of esters is 1. The Hall–Kier alpha value is -1.53. The predicted molar refractivity (Wildman–Crippen MR) is 92.0 cm³/mol. The Morgan fingerprint density at radius 1 is 1.35 bits per heavy atom. The zero-order valence-corrected chi connectivity index (χ0v) is 14.6. The highest BCUT2D eigenvalue weighted by Crippen LogP contribution is 2.32. The Morgan fingerprint density at radius 2 is 2.00 bits per heavy atom. The van der Waals surface area contributed by atoms with Gasteiger partial charge in [0, 0.05) is 17.5 Å². The minimum Gasteiger partial charge on any atom is -0.459 e. The van der Waals surface area contributed by atoms with Gasteiger partial charge in [0.05, 0.1) is 6.04 Å². The number of carbonyl (C=O) groups is 2. The van der Waals surface area contributed by atoms with Crippen molar-refractivity contribution in [1.82, 2.24) is 4.90 Å². The Kier molecular flexibility index (Phi) is 5.70. The monoisotopic (exact) mass is 336 g/mol. The molecule has 0 radical (unpaired) electrons. The van der Waals surface area contributed by atoms with Gasteiger partial charge in [-0.2, -0.15) is 0 Å². The summed E-state index contributed by atoms with van der Waals surface area (Å²) in [7, 11) is 0. The van der Waals surface area contributed by atoms with Crippen LogP contribution in [0.2, 0.25) is 0 Å². The second-order valence-corrected chi connectivity index (χ2v) is 7.88. The fourth-order valence-electron chi connectivity index (χ4n) is 2.41. The summed E-state index contributed by atoms with van der Waals surface area (Å²) >= 11 is 1.65. The summed E-state index contributed by atoms with van der Waals surface area (Å²) in [5, 5.41) is 0.108. The molecule has 5 nitrogen and oxygen atoms in total. The second-order valence-electron chi connectivity index (χ2n) is 6.64. The van der Waals surface area contributed by atoms with E-state index in [1.54, 1.807) is 11.8 Å². The number of benzene rings is 1. The van der Waals surface area contributed by atoms with Crippen molar-refractivity contribution in [3.63, 3.8) is 0 Å². The molecule has 0 spiro atoms. The molecular formula is C17H24N2O3S. The van der Waals surface area contributed by atoms with Crippen LogP contribution in [0.15, 0.2) is 30.3 Å². The van der Waals surface area contributed by atoms with E-state index in [1.165, 1.54) is 4.90 Å². The van der Waals surface area contributed by atoms with Crippen LogP contribution in [0.3, 0.4) is 0 Å². The first kappa shape index (κ1) is 17.8. The van der Waals surface area contributed by atoms with E-state index < -0.39 is 17.6 Å². The molecule has 0 aromatic heterocycles. The molecule has 23 heavy (non-hydrogen) atoms. The molecular weight excluding hydrogens is 312 g/mol. The molecule has 0 saturated carbocycles. The third kappa shape index (κ3) is 5.25. The summed E-state index contributed by atoms with van der Waals surface area (Å²) in [5.74, 6) is -0.0537. The van der Waals surface area contributed by atoms with Crippen molar-refractivity contribution in [1.29, 1.82) is 0 Å². The molecule has 2 N–H and O–H groups in total. The molecule has 1 aromatic carbocycles. The van der Waals surface area contributed by atoms with Crippen molar-refractivity contribution >= 4 is 23.6 Å². The topological polar surface area (TPSA) is 72.6 Å². The van der Waals surface area contributed by atoms with Gasteiger partial charge in [-0.3, -0.25) is 9.59 Å². The first-order chi connectivity index (χ1) is 10.8. The second kappa shape index (κ2) is 7.36. The van der Waals surface area contributed by atoms with Gasteiger partial charge in [0.15, 0.2) is 0 Å². The van der Waals surface area contributed by atoms with E-state index >= 15 is 0 Å². The summed E-state index contributed by atoms with van der Waals surface area (Å²) in [6.07, 6.45) is 0. The van der Waals surface area contributed by atoms with Crippen LogP contribution < -0.4 is 5.73 Å². The minimum absolute atomic E-state index is 0.0618. The standard InChI is InChI=1S/C17H24N2O3S/c1-17(2,3)22-15(20)10-19-9-14(12-7-5-4-6-8-12)23-11-13(18)16(19)21/h4-8,13-14H,9-11,18H2,1-3H3/t13-,14-/m0/s1. The molecule has 6 heteroatoms. The fourth-order valence-corrected chi connectivity index (χ4v) is 3.63. The van der Waals surface area contributed by atoms with Crippen molar-refractivity contribution < 1.29 is 14.3 Å². The van der Waals surface area contributed by atoms with E-state index in [9.17, 15) is 9.59 Å². The number of rotatable bonds is 3. The van der Waals surface area contributed by atoms with Crippen LogP contribution in [0.4, 0.5) is 0 Å². The van der Waals surface area contributed by atoms with Gasteiger partial charge >= 0.3 is 5.97 Å². The van der Waals surface area contributed by atoms with Crippen molar-refractivity contribution in [2.45, 2.75) is 37.7 Å². The lowest BCUT2D eigenvalue weighted by atomic mass is 10.1. The SMILES string of the molecule is CC(C)(C)OC(=O)CN1C[C@@H](c2ccccc2)SC[C@H](N)C1=O. The van der Waals surface area contributed by atoms with E-state index in [-0.39, 0.29) is 17.7 Å². The molecule has 1 heterocycles. The summed E-state index contributed by atoms with van der Waals surface area (Å²) in [5.41, 5.74) is 6.51. The third-order valence-electron chi connectivity index (χ3n) is 3.40. The molecule has 1 aromatic rings. The average molecular weight is 336 g/mol. The number of ether oxygens (including phenoxy) is 1. The molecule has 0 aliphatic carbocycles. The molecule has 1 saturated heterocycles. The fraction of sp³-hybridized carbons (Fsp3) is 0.529. The van der Waals surface area contributed by atoms with Crippen molar-refractivity contribution in [2.24, 2.45) is 5.73 Å². The van der Waals surface area contributed by atoms with Crippen LogP contribution in [-0.2, 0) is 14.3 Å². The maximum absolute atomic E-state index is 12.4. The average Bonchev–Trinajstić information content (AvgIpc) is 2.60. The Bertz CT molecular complexity index is 557. The van der Waals surface area contributed by atoms with Crippen LogP contribution in [0.25, 0.3) is 0 Å². The lowest BCUT2D eigenvalue weighted by Crippen LogP contribution is -2.47. The Labute approximate surface area is 141 Å². The number of carbonyl (C=O) groups excluding carboxylic acids is 2. The normalized spacial score (nSPS) is 22.6. The van der Waals surface area contributed by atoms with Crippen LogP contribution in [-0.4, -0.2) is 47.3 Å². The van der Waals surface area contributed by atoms with Crippen molar-refractivity contribution in [3.8, 4) is 0 Å². The van der Waals surface area contributed by atoms with Crippen LogP contribution >= 0.6 is 11.8 Å². The molecule has 1 fully saturated rings. The molecule has 1 aliphatic heterocycles. The van der Waals surface area contributed by atoms with Gasteiger partial charge in [0.2, 0.25) is 5.91 Å². The number of nitrogens with zero attached hydrogens (tertiary/aromatic N) is 1. The summed E-state index contributed by atoms with van der Waals surface area (Å²) < 4.78 is 5.33. The Morgan fingerprint density at radius 3 is 2.61 bits per heavy atom. The van der Waals surface area contributed by atoms with Gasteiger partial charge in [-0.05, 0) is 26.3 Å². The first-order valence-electron chi connectivity index (χ1n) is 7.69.